The molecular weight excluding hydrogens is 186 g/mol. The number of hydrogen-bond acceptors (Lipinski definition) is 2. The monoisotopic (exact) mass is 211 g/mol. The molecule has 2 rings (SSSR count). The van der Waals surface area contributed by atoms with Crippen LogP contribution in [0.3, 0.4) is 0 Å². The van der Waals surface area contributed by atoms with E-state index in [0.717, 1.165) is 18.9 Å². The number of rotatable bonds is 4. The molecule has 88 valence electrons. The number of nitrogens with one attached hydrogen (secondary N) is 1. The topological polar surface area (TPSA) is 21.3 Å². The summed E-state index contributed by atoms with van der Waals surface area (Å²) in [6.07, 6.45) is 7.86. The molecule has 2 heteroatoms. The van der Waals surface area contributed by atoms with E-state index in [1.165, 1.54) is 38.6 Å². The van der Waals surface area contributed by atoms with Crippen molar-refractivity contribution in [1.29, 1.82) is 0 Å². The van der Waals surface area contributed by atoms with Gasteiger partial charge in [0.15, 0.2) is 0 Å². The number of hydrogen-bond donors (Lipinski definition) is 1. The molecule has 1 heterocycles. The van der Waals surface area contributed by atoms with Gasteiger partial charge in [0.05, 0.1) is 5.60 Å². The van der Waals surface area contributed by atoms with E-state index in [2.05, 4.69) is 19.2 Å². The van der Waals surface area contributed by atoms with Crippen LogP contribution in [0.5, 0.6) is 0 Å². The third-order valence-corrected chi connectivity index (χ3v) is 4.26. The molecule has 1 aliphatic carbocycles. The molecule has 1 aliphatic heterocycles. The fourth-order valence-electron chi connectivity index (χ4n) is 2.58. The summed E-state index contributed by atoms with van der Waals surface area (Å²) in [6.45, 7) is 6.66. The van der Waals surface area contributed by atoms with Gasteiger partial charge in [-0.2, -0.15) is 0 Å². The molecule has 0 aromatic heterocycles. The van der Waals surface area contributed by atoms with Gasteiger partial charge in [-0.25, -0.2) is 0 Å². The lowest BCUT2D eigenvalue weighted by molar-refractivity contribution is -0.0784. The third-order valence-electron chi connectivity index (χ3n) is 4.26. The highest BCUT2D eigenvalue weighted by Crippen LogP contribution is 2.29. The molecule has 2 fully saturated rings. The van der Waals surface area contributed by atoms with E-state index in [4.69, 9.17) is 4.74 Å². The van der Waals surface area contributed by atoms with E-state index in [0.29, 0.717) is 6.04 Å². The first kappa shape index (κ1) is 11.4. The van der Waals surface area contributed by atoms with Crippen molar-refractivity contribution in [2.45, 2.75) is 64.0 Å². The molecule has 2 unspecified atom stereocenters. The fourth-order valence-corrected chi connectivity index (χ4v) is 2.58. The van der Waals surface area contributed by atoms with Crippen LogP contribution in [-0.2, 0) is 4.74 Å². The summed E-state index contributed by atoms with van der Waals surface area (Å²) in [4.78, 5) is 0. The molecule has 1 N–H and O–H groups in total. The van der Waals surface area contributed by atoms with Crippen LogP contribution in [0.25, 0.3) is 0 Å². The van der Waals surface area contributed by atoms with Crippen LogP contribution in [0.1, 0.15) is 52.4 Å². The Morgan fingerprint density at radius 1 is 1.33 bits per heavy atom. The Bertz CT molecular complexity index is 203. The molecule has 0 spiro atoms. The first-order valence-corrected chi connectivity index (χ1v) is 6.59. The SMILES string of the molecule is CCC1(C)CC(NCC2CCC2)CCO1. The molecule has 0 aromatic rings. The van der Waals surface area contributed by atoms with Crippen molar-refractivity contribution in [1.82, 2.24) is 5.32 Å². The summed E-state index contributed by atoms with van der Waals surface area (Å²) in [6, 6.07) is 0.698. The van der Waals surface area contributed by atoms with Crippen LogP contribution in [0.4, 0.5) is 0 Å². The van der Waals surface area contributed by atoms with Gasteiger partial charge in [0.1, 0.15) is 0 Å². The van der Waals surface area contributed by atoms with Crippen molar-refractivity contribution < 1.29 is 4.74 Å². The maximum Gasteiger partial charge on any atom is 0.0666 e. The van der Waals surface area contributed by atoms with Gasteiger partial charge < -0.3 is 10.1 Å². The van der Waals surface area contributed by atoms with Gasteiger partial charge in [0.2, 0.25) is 0 Å². The highest BCUT2D eigenvalue weighted by atomic mass is 16.5. The molecule has 0 aromatic carbocycles. The molecule has 2 nitrogen and oxygen atoms in total. The maximum absolute atomic E-state index is 5.85. The van der Waals surface area contributed by atoms with Crippen LogP contribution in [-0.4, -0.2) is 24.8 Å². The van der Waals surface area contributed by atoms with Crippen molar-refractivity contribution in [3.05, 3.63) is 0 Å². The summed E-state index contributed by atoms with van der Waals surface area (Å²) >= 11 is 0. The van der Waals surface area contributed by atoms with Crippen molar-refractivity contribution in [3.63, 3.8) is 0 Å². The summed E-state index contributed by atoms with van der Waals surface area (Å²) in [5, 5.41) is 3.73. The van der Waals surface area contributed by atoms with Gasteiger partial charge in [-0.3, -0.25) is 0 Å². The van der Waals surface area contributed by atoms with E-state index in [1.54, 1.807) is 0 Å². The Morgan fingerprint density at radius 3 is 2.73 bits per heavy atom. The van der Waals surface area contributed by atoms with Crippen molar-refractivity contribution >= 4 is 0 Å². The Morgan fingerprint density at radius 2 is 2.13 bits per heavy atom. The zero-order valence-electron chi connectivity index (χ0n) is 10.2. The van der Waals surface area contributed by atoms with Gasteiger partial charge in [-0.1, -0.05) is 13.3 Å². The molecule has 1 saturated carbocycles. The van der Waals surface area contributed by atoms with E-state index in [9.17, 15) is 0 Å². The van der Waals surface area contributed by atoms with E-state index in [1.807, 2.05) is 0 Å². The van der Waals surface area contributed by atoms with E-state index in [-0.39, 0.29) is 5.60 Å². The molecule has 0 amide bonds. The van der Waals surface area contributed by atoms with Crippen molar-refractivity contribution in [2.24, 2.45) is 5.92 Å². The van der Waals surface area contributed by atoms with Gasteiger partial charge in [-0.05, 0) is 51.5 Å². The highest BCUT2D eigenvalue weighted by molar-refractivity contribution is 4.86. The highest BCUT2D eigenvalue weighted by Gasteiger charge is 2.31. The standard InChI is InChI=1S/C13H25NO/c1-3-13(2)9-12(7-8-15-13)14-10-11-5-4-6-11/h11-12,14H,3-10H2,1-2H3. The van der Waals surface area contributed by atoms with Crippen molar-refractivity contribution in [3.8, 4) is 0 Å². The van der Waals surface area contributed by atoms with Gasteiger partial charge in [0.25, 0.3) is 0 Å². The van der Waals surface area contributed by atoms with Crippen molar-refractivity contribution in [2.75, 3.05) is 13.2 Å². The molecule has 0 radical (unpaired) electrons. The van der Waals surface area contributed by atoms with Crippen LogP contribution in [0.2, 0.25) is 0 Å². The first-order chi connectivity index (χ1) is 7.22. The second kappa shape index (κ2) is 4.84. The Hall–Kier alpha value is -0.0800. The quantitative estimate of drug-likeness (QED) is 0.772. The van der Waals surface area contributed by atoms with Crippen LogP contribution < -0.4 is 5.32 Å². The Kier molecular flexibility index (Phi) is 3.68. The minimum absolute atomic E-state index is 0.134. The Labute approximate surface area is 93.8 Å². The molecule has 2 aliphatic rings. The Balaban J connectivity index is 1.72. The molecule has 1 saturated heterocycles. The van der Waals surface area contributed by atoms with Crippen LogP contribution in [0, 0.1) is 5.92 Å². The molecule has 0 bridgehead atoms. The minimum atomic E-state index is 0.134. The average molecular weight is 211 g/mol. The van der Waals surface area contributed by atoms with Gasteiger partial charge in [0, 0.05) is 12.6 Å². The normalized spacial score (nSPS) is 37.6. The molecule has 15 heavy (non-hydrogen) atoms. The fraction of sp³-hybridized carbons (Fsp3) is 1.00. The smallest absolute Gasteiger partial charge is 0.0666 e. The van der Waals surface area contributed by atoms with Gasteiger partial charge in [-0.15, -0.1) is 0 Å². The van der Waals surface area contributed by atoms with Gasteiger partial charge >= 0.3 is 0 Å². The van der Waals surface area contributed by atoms with Crippen LogP contribution >= 0.6 is 0 Å². The van der Waals surface area contributed by atoms with E-state index >= 15 is 0 Å². The zero-order chi connectivity index (χ0) is 10.7. The van der Waals surface area contributed by atoms with Crippen LogP contribution in [0.15, 0.2) is 0 Å². The lowest BCUT2D eigenvalue weighted by Crippen LogP contribution is -2.46. The maximum atomic E-state index is 5.85. The average Bonchev–Trinajstić information content (AvgIpc) is 2.16. The lowest BCUT2D eigenvalue weighted by Gasteiger charge is -2.39. The summed E-state index contributed by atoms with van der Waals surface area (Å²) in [7, 11) is 0. The second-order valence-corrected chi connectivity index (χ2v) is 5.55. The van der Waals surface area contributed by atoms with E-state index < -0.39 is 0 Å². The molecule has 2 atom stereocenters. The predicted octanol–water partition coefficient (Wildman–Crippen LogP) is 2.72. The second-order valence-electron chi connectivity index (χ2n) is 5.55. The third kappa shape index (κ3) is 2.94. The first-order valence-electron chi connectivity index (χ1n) is 6.59. The lowest BCUT2D eigenvalue weighted by atomic mass is 9.84. The molecular formula is C13H25NO. The minimum Gasteiger partial charge on any atom is -0.375 e. The summed E-state index contributed by atoms with van der Waals surface area (Å²) in [5.41, 5.74) is 0.134. The summed E-state index contributed by atoms with van der Waals surface area (Å²) < 4.78 is 5.85. The summed E-state index contributed by atoms with van der Waals surface area (Å²) in [5.74, 6) is 0.973. The predicted molar refractivity (Wildman–Crippen MR) is 63.0 cm³/mol. The zero-order valence-corrected chi connectivity index (χ0v) is 10.2. The largest absolute Gasteiger partial charge is 0.375 e. The number of ether oxygens (including phenoxy) is 1.